The first-order valence-electron chi connectivity index (χ1n) is 5.82. The molecule has 3 rings (SSSR count). The molecule has 1 aromatic rings. The van der Waals surface area contributed by atoms with Crippen LogP contribution in [0.15, 0.2) is 11.4 Å². The van der Waals surface area contributed by atoms with E-state index in [4.69, 9.17) is 5.73 Å². The molecule has 2 amide bonds. The van der Waals surface area contributed by atoms with Crippen LogP contribution in [0.5, 0.6) is 0 Å². The van der Waals surface area contributed by atoms with E-state index in [1.807, 2.05) is 11.4 Å². The fraction of sp³-hybridized carbons (Fsp3) is 0.385. The topological polar surface area (TPSA) is 63.4 Å². The lowest BCUT2D eigenvalue weighted by Crippen LogP contribution is -2.31. The lowest BCUT2D eigenvalue weighted by Gasteiger charge is -2.14. The summed E-state index contributed by atoms with van der Waals surface area (Å²) in [6, 6.07) is 1.91. The molecular formula is C13H12N2O2S. The van der Waals surface area contributed by atoms with Crippen LogP contribution in [0.3, 0.4) is 0 Å². The maximum absolute atomic E-state index is 11.8. The van der Waals surface area contributed by atoms with E-state index in [1.54, 1.807) is 0 Å². The van der Waals surface area contributed by atoms with Crippen LogP contribution in [0.4, 0.5) is 0 Å². The molecule has 0 radical (unpaired) electrons. The van der Waals surface area contributed by atoms with Gasteiger partial charge in [0.25, 0.3) is 0 Å². The molecule has 2 atom stereocenters. The summed E-state index contributed by atoms with van der Waals surface area (Å²) in [7, 11) is 0. The summed E-state index contributed by atoms with van der Waals surface area (Å²) in [5.41, 5.74) is 6.20. The highest BCUT2D eigenvalue weighted by molar-refractivity contribution is 7.10. The Labute approximate surface area is 109 Å². The summed E-state index contributed by atoms with van der Waals surface area (Å²) in [5, 5.41) is 1.92. The Kier molecular flexibility index (Phi) is 2.69. The van der Waals surface area contributed by atoms with Crippen molar-refractivity contribution in [2.24, 2.45) is 17.6 Å². The molecule has 0 bridgehead atoms. The molecule has 92 valence electrons. The molecule has 1 saturated heterocycles. The molecule has 2 N–H and O–H groups in total. The minimum Gasteiger partial charge on any atom is -0.320 e. The Hall–Kier alpha value is -1.64. The number of nitrogens with zero attached hydrogens (tertiary/aromatic N) is 1. The van der Waals surface area contributed by atoms with Gasteiger partial charge in [0.05, 0.1) is 24.9 Å². The highest BCUT2D eigenvalue weighted by atomic mass is 32.1. The van der Waals surface area contributed by atoms with Crippen LogP contribution < -0.4 is 5.73 Å². The largest absolute Gasteiger partial charge is 0.320 e. The minimum atomic E-state index is -0.0195. The van der Waals surface area contributed by atoms with Crippen LogP contribution in [-0.2, 0) is 16.1 Å². The average molecular weight is 260 g/mol. The Morgan fingerprint density at radius 2 is 2.11 bits per heavy atom. The zero-order chi connectivity index (χ0) is 12.7. The van der Waals surface area contributed by atoms with Crippen molar-refractivity contribution in [3.05, 3.63) is 21.9 Å². The quantitative estimate of drug-likeness (QED) is 0.624. The smallest absolute Gasteiger partial charge is 0.233 e. The van der Waals surface area contributed by atoms with Gasteiger partial charge in [-0.2, -0.15) is 0 Å². The molecule has 2 heterocycles. The average Bonchev–Trinajstić information content (AvgIpc) is 2.99. The third-order valence-corrected chi connectivity index (χ3v) is 4.18. The molecule has 4 nitrogen and oxygen atoms in total. The van der Waals surface area contributed by atoms with E-state index < -0.39 is 0 Å². The van der Waals surface area contributed by atoms with Gasteiger partial charge in [-0.1, -0.05) is 11.8 Å². The fourth-order valence-corrected chi connectivity index (χ4v) is 3.05. The van der Waals surface area contributed by atoms with Crippen molar-refractivity contribution in [2.45, 2.75) is 13.0 Å². The fourth-order valence-electron chi connectivity index (χ4n) is 2.24. The van der Waals surface area contributed by atoms with Crippen molar-refractivity contribution in [1.29, 1.82) is 0 Å². The SMILES string of the molecule is NCC#Cc1csc(CN2C(=O)C3CC3C2=O)c1. The second-order valence-corrected chi connectivity index (χ2v) is 5.51. The number of hydrogen-bond acceptors (Lipinski definition) is 4. The second-order valence-electron chi connectivity index (χ2n) is 4.52. The maximum atomic E-state index is 11.8. The predicted molar refractivity (Wildman–Crippen MR) is 67.4 cm³/mol. The molecule has 0 aromatic carbocycles. The monoisotopic (exact) mass is 260 g/mol. The molecule has 2 fully saturated rings. The van der Waals surface area contributed by atoms with Gasteiger partial charge in [0.2, 0.25) is 11.8 Å². The van der Waals surface area contributed by atoms with Crippen LogP contribution in [0, 0.1) is 23.7 Å². The molecule has 0 spiro atoms. The van der Waals surface area contributed by atoms with Gasteiger partial charge in [0.1, 0.15) is 0 Å². The maximum Gasteiger partial charge on any atom is 0.233 e. The summed E-state index contributed by atoms with van der Waals surface area (Å²) < 4.78 is 0. The van der Waals surface area contributed by atoms with Crippen LogP contribution in [0.25, 0.3) is 0 Å². The van der Waals surface area contributed by atoms with E-state index in [0.29, 0.717) is 13.1 Å². The van der Waals surface area contributed by atoms with E-state index >= 15 is 0 Å². The molecular weight excluding hydrogens is 248 g/mol. The number of hydrogen-bond donors (Lipinski definition) is 1. The Morgan fingerprint density at radius 3 is 2.78 bits per heavy atom. The van der Waals surface area contributed by atoms with Crippen molar-refractivity contribution < 1.29 is 9.59 Å². The molecule has 2 unspecified atom stereocenters. The predicted octanol–water partition coefficient (Wildman–Crippen LogP) is 0.563. The molecule has 1 aliphatic carbocycles. The van der Waals surface area contributed by atoms with Gasteiger partial charge in [-0.3, -0.25) is 14.5 Å². The second kappa shape index (κ2) is 4.23. The van der Waals surface area contributed by atoms with Gasteiger partial charge in [-0.25, -0.2) is 0 Å². The number of thiophene rings is 1. The Bertz CT molecular complexity index is 561. The first-order valence-corrected chi connectivity index (χ1v) is 6.70. The van der Waals surface area contributed by atoms with Gasteiger partial charge >= 0.3 is 0 Å². The van der Waals surface area contributed by atoms with E-state index in [0.717, 1.165) is 16.9 Å². The number of amides is 2. The van der Waals surface area contributed by atoms with Crippen molar-refractivity contribution in [1.82, 2.24) is 4.90 Å². The minimum absolute atomic E-state index is 0.00649. The van der Waals surface area contributed by atoms with E-state index in [9.17, 15) is 9.59 Å². The number of fused-ring (bicyclic) bond motifs is 1. The number of carbonyl (C=O) groups is 2. The number of carbonyl (C=O) groups excluding carboxylic acids is 2. The molecule has 5 heteroatoms. The highest BCUT2D eigenvalue weighted by Gasteiger charge is 2.58. The standard InChI is InChI=1S/C13H12N2O2S/c14-3-1-2-8-4-9(18-7-8)6-15-12(16)10-5-11(10)13(15)17/h4,7,10-11H,3,5-6,14H2. The summed E-state index contributed by atoms with van der Waals surface area (Å²) in [4.78, 5) is 26.0. The molecule has 1 aliphatic heterocycles. The number of nitrogens with two attached hydrogens (primary N) is 1. The zero-order valence-electron chi connectivity index (χ0n) is 9.68. The van der Waals surface area contributed by atoms with E-state index in [1.165, 1.54) is 16.2 Å². The van der Waals surface area contributed by atoms with Gasteiger partial charge < -0.3 is 5.73 Å². The molecule has 1 saturated carbocycles. The van der Waals surface area contributed by atoms with Crippen molar-refractivity contribution in [3.63, 3.8) is 0 Å². The summed E-state index contributed by atoms with van der Waals surface area (Å²) in [5.74, 6) is 5.66. The molecule has 1 aromatic heterocycles. The van der Waals surface area contributed by atoms with Crippen LogP contribution in [0.2, 0.25) is 0 Å². The first kappa shape index (κ1) is 11.5. The van der Waals surface area contributed by atoms with Crippen molar-refractivity contribution in [3.8, 4) is 11.8 Å². The van der Waals surface area contributed by atoms with Gasteiger partial charge in [0.15, 0.2) is 0 Å². The number of piperidine rings is 1. The Balaban J connectivity index is 1.71. The third kappa shape index (κ3) is 1.84. The highest BCUT2D eigenvalue weighted by Crippen LogP contribution is 2.47. The Morgan fingerprint density at radius 1 is 1.39 bits per heavy atom. The van der Waals surface area contributed by atoms with Gasteiger partial charge in [-0.05, 0) is 12.5 Å². The van der Waals surface area contributed by atoms with Crippen molar-refractivity contribution in [2.75, 3.05) is 6.54 Å². The van der Waals surface area contributed by atoms with Crippen LogP contribution in [-0.4, -0.2) is 23.3 Å². The zero-order valence-corrected chi connectivity index (χ0v) is 10.5. The molecule has 2 aliphatic rings. The summed E-state index contributed by atoms with van der Waals surface area (Å²) in [6.45, 7) is 0.720. The summed E-state index contributed by atoms with van der Waals surface area (Å²) in [6.07, 6.45) is 0.756. The van der Waals surface area contributed by atoms with E-state index in [2.05, 4.69) is 11.8 Å². The number of likely N-dealkylation sites (tertiary alicyclic amines) is 1. The van der Waals surface area contributed by atoms with Crippen LogP contribution >= 0.6 is 11.3 Å². The number of imide groups is 1. The third-order valence-electron chi connectivity index (χ3n) is 3.26. The lowest BCUT2D eigenvalue weighted by atomic mass is 10.3. The molecule has 18 heavy (non-hydrogen) atoms. The first-order chi connectivity index (χ1) is 8.70. The van der Waals surface area contributed by atoms with Crippen LogP contribution in [0.1, 0.15) is 16.9 Å². The lowest BCUT2D eigenvalue weighted by molar-refractivity contribution is -0.141. The summed E-state index contributed by atoms with van der Waals surface area (Å²) >= 11 is 1.52. The number of rotatable bonds is 2. The van der Waals surface area contributed by atoms with E-state index in [-0.39, 0.29) is 23.7 Å². The normalized spacial score (nSPS) is 24.8. The van der Waals surface area contributed by atoms with Gasteiger partial charge in [0, 0.05) is 15.8 Å². The van der Waals surface area contributed by atoms with Crippen molar-refractivity contribution >= 4 is 23.2 Å². The van der Waals surface area contributed by atoms with Gasteiger partial charge in [-0.15, -0.1) is 11.3 Å².